The van der Waals surface area contributed by atoms with Crippen molar-refractivity contribution in [3.05, 3.63) is 35.9 Å². The molecule has 35 heavy (non-hydrogen) atoms. The molecule has 5 unspecified atom stereocenters. The lowest BCUT2D eigenvalue weighted by Crippen LogP contribution is -2.60. The number of nitrogens with two attached hydrogens (primary N) is 1. The van der Waals surface area contributed by atoms with Gasteiger partial charge < -0.3 is 37.2 Å². The average Bonchev–Trinajstić information content (AvgIpc) is 3.34. The van der Waals surface area contributed by atoms with Crippen LogP contribution in [0, 0.1) is 0 Å². The Morgan fingerprint density at radius 2 is 1.74 bits per heavy atom. The summed E-state index contributed by atoms with van der Waals surface area (Å²) in [4.78, 5) is 61.2. The van der Waals surface area contributed by atoms with Crippen molar-refractivity contribution < 1.29 is 34.2 Å². The molecule has 0 spiro atoms. The molecule has 2 rings (SSSR count). The molecule has 192 valence electrons. The van der Waals surface area contributed by atoms with Crippen LogP contribution in [0.5, 0.6) is 0 Å². The van der Waals surface area contributed by atoms with E-state index in [1.165, 1.54) is 6.92 Å². The minimum absolute atomic E-state index is 0.00588. The average molecular weight is 492 g/mol. The Morgan fingerprint density at radius 1 is 1.06 bits per heavy atom. The highest BCUT2D eigenvalue weighted by Crippen LogP contribution is 2.08. The Balaban J connectivity index is 2.09. The molecule has 1 aromatic carbocycles. The summed E-state index contributed by atoms with van der Waals surface area (Å²) in [5.74, 6) is -4.11. The first-order valence-corrected chi connectivity index (χ1v) is 11.5. The normalized spacial score (nSPS) is 18.5. The summed E-state index contributed by atoms with van der Waals surface area (Å²) in [5, 5.41) is 29.9. The maximum atomic E-state index is 12.9. The van der Waals surface area contributed by atoms with E-state index in [9.17, 15) is 34.2 Å². The third-order valence-electron chi connectivity index (χ3n) is 5.65. The molecule has 0 radical (unpaired) electrons. The molecule has 8 N–H and O–H groups in total. The second kappa shape index (κ2) is 13.4. The summed E-state index contributed by atoms with van der Waals surface area (Å²) in [7, 11) is 0. The zero-order valence-corrected chi connectivity index (χ0v) is 19.5. The van der Waals surface area contributed by atoms with Crippen LogP contribution in [0.1, 0.15) is 38.2 Å². The fourth-order valence-corrected chi connectivity index (χ4v) is 3.71. The molecule has 1 saturated heterocycles. The number of hydrogen-bond donors (Lipinski definition) is 7. The predicted octanol–water partition coefficient (Wildman–Crippen LogP) is -1.83. The SMILES string of the molecule is CC(O)C(NC(=O)C(CCC(N)=O)NC(=O)C1CCCN1)C(=O)NC(Cc1ccccc1)C(=O)O. The van der Waals surface area contributed by atoms with E-state index in [1.54, 1.807) is 30.3 Å². The summed E-state index contributed by atoms with van der Waals surface area (Å²) in [6.07, 6.45) is -0.302. The lowest BCUT2D eigenvalue weighted by molar-refractivity contribution is -0.143. The number of benzene rings is 1. The number of aliphatic hydroxyl groups is 1. The second-order valence-electron chi connectivity index (χ2n) is 8.53. The Hall–Kier alpha value is -3.51. The Bertz CT molecular complexity index is 903. The van der Waals surface area contributed by atoms with Gasteiger partial charge in [-0.05, 0) is 38.3 Å². The first-order chi connectivity index (χ1) is 16.6. The van der Waals surface area contributed by atoms with Crippen LogP contribution in [0.15, 0.2) is 30.3 Å². The van der Waals surface area contributed by atoms with Crippen LogP contribution in [0.25, 0.3) is 0 Å². The van der Waals surface area contributed by atoms with Gasteiger partial charge in [0.2, 0.25) is 23.6 Å². The van der Waals surface area contributed by atoms with Crippen molar-refractivity contribution >= 4 is 29.6 Å². The van der Waals surface area contributed by atoms with E-state index in [0.717, 1.165) is 6.42 Å². The summed E-state index contributed by atoms with van der Waals surface area (Å²) >= 11 is 0. The summed E-state index contributed by atoms with van der Waals surface area (Å²) in [5.41, 5.74) is 5.86. The molecule has 0 aliphatic carbocycles. The molecule has 1 fully saturated rings. The molecular formula is C23H33N5O7. The third-order valence-corrected chi connectivity index (χ3v) is 5.65. The number of carboxylic acids is 1. The number of carboxylic acid groups (broad SMARTS) is 1. The molecule has 0 saturated carbocycles. The van der Waals surface area contributed by atoms with Crippen LogP contribution in [0.2, 0.25) is 0 Å². The Labute approximate surface area is 203 Å². The van der Waals surface area contributed by atoms with Gasteiger partial charge in [-0.3, -0.25) is 19.2 Å². The van der Waals surface area contributed by atoms with Crippen LogP contribution >= 0.6 is 0 Å². The van der Waals surface area contributed by atoms with E-state index in [1.807, 2.05) is 0 Å². The van der Waals surface area contributed by atoms with Gasteiger partial charge in [-0.2, -0.15) is 0 Å². The lowest BCUT2D eigenvalue weighted by atomic mass is 10.0. The molecule has 12 heteroatoms. The number of amides is 4. The van der Waals surface area contributed by atoms with Crippen molar-refractivity contribution in [1.82, 2.24) is 21.3 Å². The number of rotatable bonds is 13. The van der Waals surface area contributed by atoms with Gasteiger partial charge in [0.1, 0.15) is 18.1 Å². The quantitative estimate of drug-likeness (QED) is 0.167. The minimum atomic E-state index is -1.50. The molecule has 5 atom stereocenters. The van der Waals surface area contributed by atoms with Gasteiger partial charge in [-0.1, -0.05) is 30.3 Å². The summed E-state index contributed by atoms with van der Waals surface area (Å²) < 4.78 is 0. The fourth-order valence-electron chi connectivity index (χ4n) is 3.71. The van der Waals surface area contributed by atoms with E-state index in [0.29, 0.717) is 18.5 Å². The maximum Gasteiger partial charge on any atom is 0.326 e. The molecule has 1 aromatic rings. The lowest BCUT2D eigenvalue weighted by Gasteiger charge is -2.26. The van der Waals surface area contributed by atoms with E-state index >= 15 is 0 Å². The molecule has 0 bridgehead atoms. The second-order valence-corrected chi connectivity index (χ2v) is 8.53. The van der Waals surface area contributed by atoms with Crippen LogP contribution in [0.3, 0.4) is 0 Å². The predicted molar refractivity (Wildman–Crippen MR) is 125 cm³/mol. The van der Waals surface area contributed by atoms with Crippen LogP contribution in [-0.4, -0.2) is 76.6 Å². The van der Waals surface area contributed by atoms with Crippen LogP contribution < -0.4 is 27.0 Å². The van der Waals surface area contributed by atoms with Crippen LogP contribution in [0.4, 0.5) is 0 Å². The van der Waals surface area contributed by atoms with Gasteiger partial charge >= 0.3 is 5.97 Å². The molecule has 4 amide bonds. The maximum absolute atomic E-state index is 12.9. The van der Waals surface area contributed by atoms with Gasteiger partial charge in [0.15, 0.2) is 0 Å². The van der Waals surface area contributed by atoms with Gasteiger partial charge in [0, 0.05) is 12.8 Å². The van der Waals surface area contributed by atoms with Crippen molar-refractivity contribution in [3.63, 3.8) is 0 Å². The van der Waals surface area contributed by atoms with E-state index in [2.05, 4.69) is 21.3 Å². The number of carbonyl (C=O) groups excluding carboxylic acids is 4. The highest BCUT2D eigenvalue weighted by atomic mass is 16.4. The first-order valence-electron chi connectivity index (χ1n) is 11.5. The standard InChI is InChI=1S/C23H33N5O7/c1-13(29)19(22(33)27-17(23(34)35)12-14-6-3-2-4-7-14)28-21(32)16(9-10-18(24)30)26-20(31)15-8-5-11-25-15/h2-4,6-7,13,15-17,19,25,29H,5,8-12H2,1H3,(H2,24,30)(H,26,31)(H,27,33)(H,28,32)(H,34,35). The number of carbonyl (C=O) groups is 5. The smallest absolute Gasteiger partial charge is 0.326 e. The van der Waals surface area contributed by atoms with Gasteiger partial charge in [0.05, 0.1) is 12.1 Å². The highest BCUT2D eigenvalue weighted by molar-refractivity contribution is 5.94. The molecule has 1 heterocycles. The van der Waals surface area contributed by atoms with Gasteiger partial charge in [-0.25, -0.2) is 4.79 Å². The van der Waals surface area contributed by atoms with Crippen LogP contribution in [-0.2, 0) is 30.4 Å². The Morgan fingerprint density at radius 3 is 2.29 bits per heavy atom. The van der Waals surface area contributed by atoms with E-state index < -0.39 is 59.9 Å². The third kappa shape index (κ3) is 8.98. The number of nitrogens with one attached hydrogen (secondary N) is 4. The topological polar surface area (TPSA) is 200 Å². The molecule has 12 nitrogen and oxygen atoms in total. The monoisotopic (exact) mass is 491 g/mol. The molecule has 0 aromatic heterocycles. The van der Waals surface area contributed by atoms with E-state index in [4.69, 9.17) is 5.73 Å². The Kier molecular flexibility index (Phi) is 10.6. The van der Waals surface area contributed by atoms with Gasteiger partial charge in [0.25, 0.3) is 0 Å². The molecule has 1 aliphatic heterocycles. The molecular weight excluding hydrogens is 458 g/mol. The van der Waals surface area contributed by atoms with Crippen molar-refractivity contribution in [1.29, 1.82) is 0 Å². The zero-order valence-electron chi connectivity index (χ0n) is 19.5. The number of primary amides is 1. The highest BCUT2D eigenvalue weighted by Gasteiger charge is 2.33. The molecule has 1 aliphatic rings. The zero-order chi connectivity index (χ0) is 26.0. The number of aliphatic carboxylic acids is 1. The minimum Gasteiger partial charge on any atom is -0.480 e. The van der Waals surface area contributed by atoms with E-state index in [-0.39, 0.29) is 19.3 Å². The largest absolute Gasteiger partial charge is 0.480 e. The van der Waals surface area contributed by atoms with Crippen molar-refractivity contribution in [3.8, 4) is 0 Å². The summed E-state index contributed by atoms with van der Waals surface area (Å²) in [6.45, 7) is 1.92. The number of aliphatic hydroxyl groups excluding tert-OH is 1. The summed E-state index contributed by atoms with van der Waals surface area (Å²) in [6, 6.07) is 4.18. The number of hydrogen-bond acceptors (Lipinski definition) is 7. The van der Waals surface area contributed by atoms with Gasteiger partial charge in [-0.15, -0.1) is 0 Å². The van der Waals surface area contributed by atoms with Crippen molar-refractivity contribution in [2.45, 2.75) is 69.3 Å². The fraction of sp³-hybridized carbons (Fsp3) is 0.522. The van der Waals surface area contributed by atoms with Crippen molar-refractivity contribution in [2.24, 2.45) is 5.73 Å². The van der Waals surface area contributed by atoms with Crippen molar-refractivity contribution in [2.75, 3.05) is 6.54 Å². The first kappa shape index (κ1) is 27.7.